The number of rotatable bonds is 9. The number of carbonyl (C=O) groups is 1. The molecule has 5 heteroatoms. The molecule has 1 N–H and O–H groups in total. The molecule has 1 rings (SSSR count). The molecule has 5 nitrogen and oxygen atoms in total. The van der Waals surface area contributed by atoms with E-state index in [9.17, 15) is 4.79 Å². The standard InChI is InChI=1S/C15H31N3O2/c1-6-14-16-13(11-12(2)3)15(19)18(14)8-10-20-9-7-17(4)5/h12-14,16H,6-11H2,1-5H3. The summed E-state index contributed by atoms with van der Waals surface area (Å²) in [5.41, 5.74) is 0. The fourth-order valence-electron chi connectivity index (χ4n) is 2.50. The first kappa shape index (κ1) is 17.4. The highest BCUT2D eigenvalue weighted by atomic mass is 16.5. The summed E-state index contributed by atoms with van der Waals surface area (Å²) in [6, 6.07) is -0.0123. The average molecular weight is 285 g/mol. The summed E-state index contributed by atoms with van der Waals surface area (Å²) in [4.78, 5) is 16.4. The van der Waals surface area contributed by atoms with Crippen LogP contribution in [-0.2, 0) is 9.53 Å². The Labute approximate surface area is 123 Å². The SMILES string of the molecule is CCC1NC(CC(C)C)C(=O)N1CCOCCN(C)C. The molecule has 20 heavy (non-hydrogen) atoms. The van der Waals surface area contributed by atoms with Crippen LogP contribution in [0.5, 0.6) is 0 Å². The van der Waals surface area contributed by atoms with Gasteiger partial charge in [-0.15, -0.1) is 0 Å². The summed E-state index contributed by atoms with van der Waals surface area (Å²) < 4.78 is 5.60. The first-order valence-corrected chi connectivity index (χ1v) is 7.74. The molecule has 1 fully saturated rings. The Morgan fingerprint density at radius 2 is 2.05 bits per heavy atom. The molecule has 0 aromatic heterocycles. The highest BCUT2D eigenvalue weighted by Gasteiger charge is 2.37. The fourth-order valence-corrected chi connectivity index (χ4v) is 2.50. The predicted octanol–water partition coefficient (Wildman–Crippen LogP) is 1.15. The monoisotopic (exact) mass is 285 g/mol. The first-order chi connectivity index (χ1) is 9.45. The molecule has 1 heterocycles. The van der Waals surface area contributed by atoms with Crippen LogP contribution in [0.2, 0.25) is 0 Å². The molecule has 1 amide bonds. The Morgan fingerprint density at radius 1 is 1.35 bits per heavy atom. The number of nitrogens with one attached hydrogen (secondary N) is 1. The molecule has 0 radical (unpaired) electrons. The molecular formula is C15H31N3O2. The number of hydrogen-bond donors (Lipinski definition) is 1. The number of nitrogens with zero attached hydrogens (tertiary/aromatic N) is 2. The van der Waals surface area contributed by atoms with Crippen LogP contribution in [0.1, 0.15) is 33.6 Å². The maximum Gasteiger partial charge on any atom is 0.241 e. The van der Waals surface area contributed by atoms with Gasteiger partial charge in [-0.1, -0.05) is 20.8 Å². The molecule has 2 atom stereocenters. The van der Waals surface area contributed by atoms with Gasteiger partial charge in [-0.2, -0.15) is 0 Å². The van der Waals surface area contributed by atoms with E-state index in [-0.39, 0.29) is 18.1 Å². The van der Waals surface area contributed by atoms with Crippen molar-refractivity contribution in [3.63, 3.8) is 0 Å². The van der Waals surface area contributed by atoms with Crippen LogP contribution in [0.25, 0.3) is 0 Å². The molecule has 0 bridgehead atoms. The molecule has 0 spiro atoms. The van der Waals surface area contributed by atoms with E-state index in [1.807, 2.05) is 19.0 Å². The highest BCUT2D eigenvalue weighted by Crippen LogP contribution is 2.18. The minimum absolute atomic E-state index is 0.0123. The van der Waals surface area contributed by atoms with Gasteiger partial charge in [0, 0.05) is 13.1 Å². The van der Waals surface area contributed by atoms with E-state index in [4.69, 9.17) is 4.74 Å². The Bertz CT molecular complexity index is 295. The zero-order valence-electron chi connectivity index (χ0n) is 13.7. The van der Waals surface area contributed by atoms with E-state index in [1.165, 1.54) is 0 Å². The molecule has 0 aromatic rings. The Balaban J connectivity index is 2.36. The number of amides is 1. The minimum atomic E-state index is -0.0123. The third-order valence-electron chi connectivity index (χ3n) is 3.60. The van der Waals surface area contributed by atoms with E-state index in [0.29, 0.717) is 25.7 Å². The summed E-state index contributed by atoms with van der Waals surface area (Å²) in [6.45, 7) is 9.36. The van der Waals surface area contributed by atoms with Crippen LogP contribution in [-0.4, -0.2) is 68.3 Å². The first-order valence-electron chi connectivity index (χ1n) is 7.74. The van der Waals surface area contributed by atoms with Gasteiger partial charge in [0.2, 0.25) is 5.91 Å². The van der Waals surface area contributed by atoms with E-state index in [0.717, 1.165) is 19.4 Å². The molecule has 0 saturated carbocycles. The van der Waals surface area contributed by atoms with Crippen LogP contribution in [0.15, 0.2) is 0 Å². The third kappa shape index (κ3) is 5.38. The lowest BCUT2D eigenvalue weighted by Gasteiger charge is -2.23. The Morgan fingerprint density at radius 3 is 2.60 bits per heavy atom. The van der Waals surface area contributed by atoms with Gasteiger partial charge < -0.3 is 14.5 Å². The lowest BCUT2D eigenvalue weighted by atomic mass is 10.0. The second-order valence-corrected chi connectivity index (χ2v) is 6.22. The van der Waals surface area contributed by atoms with Crippen molar-refractivity contribution < 1.29 is 9.53 Å². The highest BCUT2D eigenvalue weighted by molar-refractivity contribution is 5.84. The maximum absolute atomic E-state index is 12.4. The average Bonchev–Trinajstić information content (AvgIpc) is 2.65. The molecular weight excluding hydrogens is 254 g/mol. The third-order valence-corrected chi connectivity index (χ3v) is 3.60. The number of ether oxygens (including phenoxy) is 1. The summed E-state index contributed by atoms with van der Waals surface area (Å²) >= 11 is 0. The second kappa shape index (κ2) is 8.60. The van der Waals surface area contributed by atoms with Crippen molar-refractivity contribution >= 4 is 5.91 Å². The van der Waals surface area contributed by atoms with E-state index < -0.39 is 0 Å². The normalized spacial score (nSPS) is 23.4. The Kier molecular flexibility index (Phi) is 7.48. The van der Waals surface area contributed by atoms with Crippen LogP contribution >= 0.6 is 0 Å². The van der Waals surface area contributed by atoms with Crippen molar-refractivity contribution in [1.29, 1.82) is 0 Å². The topological polar surface area (TPSA) is 44.8 Å². The molecule has 1 saturated heterocycles. The van der Waals surface area contributed by atoms with Crippen molar-refractivity contribution in [2.75, 3.05) is 40.4 Å². The van der Waals surface area contributed by atoms with E-state index in [2.05, 4.69) is 31.0 Å². The Hall–Kier alpha value is -0.650. The maximum atomic E-state index is 12.4. The van der Waals surface area contributed by atoms with Gasteiger partial charge in [0.15, 0.2) is 0 Å². The van der Waals surface area contributed by atoms with Crippen molar-refractivity contribution in [2.45, 2.75) is 45.8 Å². The molecule has 1 aliphatic heterocycles. The summed E-state index contributed by atoms with van der Waals surface area (Å²) in [5, 5.41) is 3.44. The van der Waals surface area contributed by atoms with Gasteiger partial charge in [-0.3, -0.25) is 10.1 Å². The molecule has 0 aromatic carbocycles. The lowest BCUT2D eigenvalue weighted by molar-refractivity contribution is -0.131. The molecule has 118 valence electrons. The smallest absolute Gasteiger partial charge is 0.241 e. The summed E-state index contributed by atoms with van der Waals surface area (Å²) in [5.74, 6) is 0.770. The molecule has 0 aliphatic carbocycles. The van der Waals surface area contributed by atoms with Crippen LogP contribution in [0.4, 0.5) is 0 Å². The van der Waals surface area contributed by atoms with Gasteiger partial charge in [0.05, 0.1) is 25.4 Å². The number of hydrogen-bond acceptors (Lipinski definition) is 4. The van der Waals surface area contributed by atoms with Crippen molar-refractivity contribution in [3.05, 3.63) is 0 Å². The van der Waals surface area contributed by atoms with Crippen LogP contribution in [0.3, 0.4) is 0 Å². The van der Waals surface area contributed by atoms with E-state index in [1.54, 1.807) is 0 Å². The zero-order valence-corrected chi connectivity index (χ0v) is 13.7. The predicted molar refractivity (Wildman–Crippen MR) is 81.5 cm³/mol. The number of carbonyl (C=O) groups excluding carboxylic acids is 1. The van der Waals surface area contributed by atoms with Gasteiger partial charge >= 0.3 is 0 Å². The fraction of sp³-hybridized carbons (Fsp3) is 0.933. The van der Waals surface area contributed by atoms with Crippen LogP contribution in [0, 0.1) is 5.92 Å². The van der Waals surface area contributed by atoms with Crippen LogP contribution < -0.4 is 5.32 Å². The summed E-state index contributed by atoms with van der Waals surface area (Å²) in [7, 11) is 4.06. The number of likely N-dealkylation sites (N-methyl/N-ethyl adjacent to an activating group) is 1. The lowest BCUT2D eigenvalue weighted by Crippen LogP contribution is -2.39. The van der Waals surface area contributed by atoms with Crippen molar-refractivity contribution in [3.8, 4) is 0 Å². The van der Waals surface area contributed by atoms with Gasteiger partial charge in [0.25, 0.3) is 0 Å². The summed E-state index contributed by atoms with van der Waals surface area (Å²) in [6.07, 6.45) is 2.02. The van der Waals surface area contributed by atoms with E-state index >= 15 is 0 Å². The van der Waals surface area contributed by atoms with Gasteiger partial charge in [-0.25, -0.2) is 0 Å². The van der Waals surface area contributed by atoms with Crippen molar-refractivity contribution in [2.24, 2.45) is 5.92 Å². The van der Waals surface area contributed by atoms with Gasteiger partial charge in [0.1, 0.15) is 0 Å². The molecule has 2 unspecified atom stereocenters. The molecule has 1 aliphatic rings. The zero-order chi connectivity index (χ0) is 15.1. The minimum Gasteiger partial charge on any atom is -0.378 e. The quantitative estimate of drug-likeness (QED) is 0.646. The van der Waals surface area contributed by atoms with Gasteiger partial charge in [-0.05, 0) is 32.9 Å². The van der Waals surface area contributed by atoms with Crippen molar-refractivity contribution in [1.82, 2.24) is 15.1 Å². The second-order valence-electron chi connectivity index (χ2n) is 6.22. The largest absolute Gasteiger partial charge is 0.378 e.